The van der Waals surface area contributed by atoms with Crippen LogP contribution in [0.4, 0.5) is 0 Å². The van der Waals surface area contributed by atoms with Gasteiger partial charge < -0.3 is 5.32 Å². The summed E-state index contributed by atoms with van der Waals surface area (Å²) in [6.07, 6.45) is 3.67. The van der Waals surface area contributed by atoms with E-state index in [4.69, 9.17) is 0 Å². The van der Waals surface area contributed by atoms with Gasteiger partial charge in [-0.1, -0.05) is 43.2 Å². The molecule has 1 aromatic rings. The Hall–Kier alpha value is -0.820. The van der Waals surface area contributed by atoms with E-state index in [1.807, 2.05) is 0 Å². The van der Waals surface area contributed by atoms with Crippen LogP contribution in [0.1, 0.15) is 37.8 Å². The molecular weight excluding hydrogens is 182 g/mol. The molecule has 1 N–H and O–H groups in total. The first kappa shape index (κ1) is 12.3. The molecule has 0 aliphatic heterocycles. The van der Waals surface area contributed by atoms with E-state index in [1.165, 1.54) is 24.0 Å². The summed E-state index contributed by atoms with van der Waals surface area (Å²) in [6, 6.07) is 9.42. The summed E-state index contributed by atoms with van der Waals surface area (Å²) < 4.78 is 0. The molecule has 0 saturated carbocycles. The average molecular weight is 205 g/mol. The van der Waals surface area contributed by atoms with E-state index in [9.17, 15) is 0 Å². The third kappa shape index (κ3) is 4.98. The third-order valence-electron chi connectivity index (χ3n) is 2.71. The first-order valence-corrected chi connectivity index (χ1v) is 6.01. The highest BCUT2D eigenvalue weighted by Crippen LogP contribution is 2.04. The standard InChI is InChI=1S/C14H23N/c1-4-6-13(3)15-10-9-14-8-5-7-12(2)11-14/h5,7-8,11,13,15H,4,6,9-10H2,1-3H3/t13-/m1/s1. The lowest BCUT2D eigenvalue weighted by atomic mass is 10.1. The van der Waals surface area contributed by atoms with E-state index in [2.05, 4.69) is 50.4 Å². The maximum Gasteiger partial charge on any atom is 0.00387 e. The Morgan fingerprint density at radius 2 is 2.13 bits per heavy atom. The predicted octanol–water partition coefficient (Wildman–Crippen LogP) is 3.32. The Morgan fingerprint density at radius 3 is 2.80 bits per heavy atom. The van der Waals surface area contributed by atoms with E-state index in [-0.39, 0.29) is 0 Å². The van der Waals surface area contributed by atoms with Crippen LogP contribution in [-0.4, -0.2) is 12.6 Å². The van der Waals surface area contributed by atoms with Gasteiger partial charge in [-0.2, -0.15) is 0 Å². The topological polar surface area (TPSA) is 12.0 Å². The molecule has 0 bridgehead atoms. The number of hydrogen-bond donors (Lipinski definition) is 1. The molecule has 0 aromatic heterocycles. The van der Waals surface area contributed by atoms with Crippen LogP contribution < -0.4 is 5.32 Å². The van der Waals surface area contributed by atoms with Gasteiger partial charge in [0.1, 0.15) is 0 Å². The summed E-state index contributed by atoms with van der Waals surface area (Å²) in [4.78, 5) is 0. The quantitative estimate of drug-likeness (QED) is 0.751. The zero-order chi connectivity index (χ0) is 11.1. The second kappa shape index (κ2) is 6.62. The van der Waals surface area contributed by atoms with E-state index in [0.717, 1.165) is 13.0 Å². The van der Waals surface area contributed by atoms with Crippen LogP contribution in [0.3, 0.4) is 0 Å². The van der Waals surface area contributed by atoms with E-state index >= 15 is 0 Å². The first-order chi connectivity index (χ1) is 7.22. The smallest absolute Gasteiger partial charge is 0.00387 e. The van der Waals surface area contributed by atoms with Crippen molar-refractivity contribution in [3.63, 3.8) is 0 Å². The van der Waals surface area contributed by atoms with Gasteiger partial charge in [-0.05, 0) is 38.8 Å². The summed E-state index contributed by atoms with van der Waals surface area (Å²) >= 11 is 0. The molecule has 0 heterocycles. The lowest BCUT2D eigenvalue weighted by Gasteiger charge is -2.12. The zero-order valence-corrected chi connectivity index (χ0v) is 10.2. The Morgan fingerprint density at radius 1 is 1.33 bits per heavy atom. The number of nitrogens with one attached hydrogen (secondary N) is 1. The predicted molar refractivity (Wildman–Crippen MR) is 67.3 cm³/mol. The van der Waals surface area contributed by atoms with Gasteiger partial charge in [0.15, 0.2) is 0 Å². The summed E-state index contributed by atoms with van der Waals surface area (Å²) in [5.41, 5.74) is 2.79. The highest BCUT2D eigenvalue weighted by atomic mass is 14.9. The number of benzene rings is 1. The van der Waals surface area contributed by atoms with Gasteiger partial charge in [0.05, 0.1) is 0 Å². The molecule has 0 aliphatic rings. The minimum atomic E-state index is 0.653. The van der Waals surface area contributed by atoms with Gasteiger partial charge in [0, 0.05) is 6.04 Å². The Labute approximate surface area is 93.9 Å². The van der Waals surface area contributed by atoms with Crippen molar-refractivity contribution in [1.82, 2.24) is 5.32 Å². The Balaban J connectivity index is 2.25. The van der Waals surface area contributed by atoms with Crippen molar-refractivity contribution in [2.75, 3.05) is 6.54 Å². The van der Waals surface area contributed by atoms with Crippen LogP contribution in [-0.2, 0) is 6.42 Å². The van der Waals surface area contributed by atoms with Crippen LogP contribution in [0.15, 0.2) is 24.3 Å². The first-order valence-electron chi connectivity index (χ1n) is 6.01. The van der Waals surface area contributed by atoms with Crippen molar-refractivity contribution in [1.29, 1.82) is 0 Å². The minimum Gasteiger partial charge on any atom is -0.314 e. The second-order valence-electron chi connectivity index (χ2n) is 4.38. The van der Waals surface area contributed by atoms with Gasteiger partial charge in [0.25, 0.3) is 0 Å². The highest BCUT2D eigenvalue weighted by molar-refractivity contribution is 5.22. The lowest BCUT2D eigenvalue weighted by molar-refractivity contribution is 0.512. The van der Waals surface area contributed by atoms with Crippen molar-refractivity contribution in [3.05, 3.63) is 35.4 Å². The van der Waals surface area contributed by atoms with Gasteiger partial charge in [-0.15, -0.1) is 0 Å². The van der Waals surface area contributed by atoms with Crippen molar-refractivity contribution < 1.29 is 0 Å². The number of aryl methyl sites for hydroxylation is 1. The van der Waals surface area contributed by atoms with Crippen molar-refractivity contribution in [2.24, 2.45) is 0 Å². The SMILES string of the molecule is CCC[C@@H](C)NCCc1cccc(C)c1. The molecule has 1 rings (SSSR count). The molecular formula is C14H23N. The average Bonchev–Trinajstić information content (AvgIpc) is 2.18. The maximum absolute atomic E-state index is 3.55. The molecule has 1 aromatic carbocycles. The van der Waals surface area contributed by atoms with Crippen LogP contribution in [0.5, 0.6) is 0 Å². The fourth-order valence-corrected chi connectivity index (χ4v) is 1.87. The van der Waals surface area contributed by atoms with Crippen LogP contribution >= 0.6 is 0 Å². The monoisotopic (exact) mass is 205 g/mol. The molecule has 0 saturated heterocycles. The lowest BCUT2D eigenvalue weighted by Crippen LogP contribution is -2.27. The van der Waals surface area contributed by atoms with Crippen molar-refractivity contribution in [2.45, 2.75) is 46.1 Å². The fourth-order valence-electron chi connectivity index (χ4n) is 1.87. The minimum absolute atomic E-state index is 0.653. The number of rotatable bonds is 6. The molecule has 84 valence electrons. The van der Waals surface area contributed by atoms with Gasteiger partial charge >= 0.3 is 0 Å². The largest absolute Gasteiger partial charge is 0.314 e. The van der Waals surface area contributed by atoms with Crippen molar-refractivity contribution in [3.8, 4) is 0 Å². The Bertz CT molecular complexity index is 280. The van der Waals surface area contributed by atoms with E-state index < -0.39 is 0 Å². The molecule has 0 unspecified atom stereocenters. The Kier molecular flexibility index (Phi) is 5.41. The summed E-state index contributed by atoms with van der Waals surface area (Å²) in [6.45, 7) is 7.74. The maximum atomic E-state index is 3.55. The number of hydrogen-bond acceptors (Lipinski definition) is 1. The van der Waals surface area contributed by atoms with Gasteiger partial charge in [-0.25, -0.2) is 0 Å². The molecule has 0 fully saturated rings. The molecule has 1 nitrogen and oxygen atoms in total. The van der Waals surface area contributed by atoms with E-state index in [1.54, 1.807) is 0 Å². The second-order valence-corrected chi connectivity index (χ2v) is 4.38. The fraction of sp³-hybridized carbons (Fsp3) is 0.571. The van der Waals surface area contributed by atoms with Crippen LogP contribution in [0.2, 0.25) is 0 Å². The van der Waals surface area contributed by atoms with Gasteiger partial charge in [-0.3, -0.25) is 0 Å². The molecule has 0 amide bonds. The third-order valence-corrected chi connectivity index (χ3v) is 2.71. The zero-order valence-electron chi connectivity index (χ0n) is 10.2. The summed E-state index contributed by atoms with van der Waals surface area (Å²) in [5, 5.41) is 3.55. The molecule has 15 heavy (non-hydrogen) atoms. The summed E-state index contributed by atoms with van der Waals surface area (Å²) in [7, 11) is 0. The van der Waals surface area contributed by atoms with Crippen LogP contribution in [0, 0.1) is 6.92 Å². The summed E-state index contributed by atoms with van der Waals surface area (Å²) in [5.74, 6) is 0. The van der Waals surface area contributed by atoms with E-state index in [0.29, 0.717) is 6.04 Å². The molecule has 1 atom stereocenters. The molecule has 0 spiro atoms. The molecule has 1 heteroatoms. The molecule has 0 aliphatic carbocycles. The van der Waals surface area contributed by atoms with Gasteiger partial charge in [0.2, 0.25) is 0 Å². The van der Waals surface area contributed by atoms with Crippen LogP contribution in [0.25, 0.3) is 0 Å². The highest BCUT2D eigenvalue weighted by Gasteiger charge is 1.99. The van der Waals surface area contributed by atoms with Crippen molar-refractivity contribution >= 4 is 0 Å². The normalized spacial score (nSPS) is 12.7. The molecule has 0 radical (unpaired) electrons.